The van der Waals surface area contributed by atoms with E-state index in [2.05, 4.69) is 15.3 Å². The summed E-state index contributed by atoms with van der Waals surface area (Å²) in [6, 6.07) is 15.5. The van der Waals surface area contributed by atoms with Gasteiger partial charge in [0, 0.05) is 29.5 Å². The van der Waals surface area contributed by atoms with Crippen LogP contribution in [-0.2, 0) is 4.79 Å². The second-order valence-corrected chi connectivity index (χ2v) is 6.26. The number of fused-ring (bicyclic) bond motifs is 1. The monoisotopic (exact) mass is 323 g/mol. The van der Waals surface area contributed by atoms with Crippen molar-refractivity contribution in [3.8, 4) is 0 Å². The Morgan fingerprint density at radius 2 is 2.00 bits per heavy atom. The van der Waals surface area contributed by atoms with E-state index in [4.69, 9.17) is 0 Å². The van der Waals surface area contributed by atoms with Crippen LogP contribution in [-0.4, -0.2) is 21.6 Å². The molecule has 1 amide bonds. The van der Waals surface area contributed by atoms with Gasteiger partial charge in [0.25, 0.3) is 0 Å². The minimum atomic E-state index is 0.00387. The summed E-state index contributed by atoms with van der Waals surface area (Å²) in [5.41, 5.74) is 2.61. The molecule has 4 nitrogen and oxygen atoms in total. The molecule has 0 saturated carbocycles. The average Bonchev–Trinajstić information content (AvgIpc) is 2.55. The molecule has 0 spiro atoms. The van der Waals surface area contributed by atoms with Gasteiger partial charge >= 0.3 is 0 Å². The van der Waals surface area contributed by atoms with Crippen molar-refractivity contribution in [2.75, 3.05) is 11.1 Å². The summed E-state index contributed by atoms with van der Waals surface area (Å²) in [4.78, 5) is 20.9. The molecule has 3 aromatic rings. The van der Waals surface area contributed by atoms with Crippen molar-refractivity contribution in [3.05, 3.63) is 60.4 Å². The molecule has 0 saturated heterocycles. The zero-order valence-electron chi connectivity index (χ0n) is 12.8. The molecule has 0 aliphatic heterocycles. The van der Waals surface area contributed by atoms with Crippen LogP contribution >= 0.6 is 11.8 Å². The third kappa shape index (κ3) is 4.07. The molecule has 0 aliphatic rings. The molecule has 2 aromatic heterocycles. The number of rotatable bonds is 5. The number of para-hydroxylation sites is 1. The van der Waals surface area contributed by atoms with Crippen molar-refractivity contribution in [3.63, 3.8) is 0 Å². The zero-order chi connectivity index (χ0) is 16.1. The van der Waals surface area contributed by atoms with E-state index >= 15 is 0 Å². The molecule has 116 valence electrons. The van der Waals surface area contributed by atoms with Crippen LogP contribution in [0.5, 0.6) is 0 Å². The average molecular weight is 323 g/mol. The van der Waals surface area contributed by atoms with E-state index in [1.165, 1.54) is 0 Å². The van der Waals surface area contributed by atoms with Crippen molar-refractivity contribution in [2.24, 2.45) is 0 Å². The lowest BCUT2D eigenvalue weighted by molar-refractivity contribution is -0.115. The quantitative estimate of drug-likeness (QED) is 0.719. The van der Waals surface area contributed by atoms with Gasteiger partial charge in [0.1, 0.15) is 0 Å². The van der Waals surface area contributed by atoms with E-state index in [-0.39, 0.29) is 5.91 Å². The number of nitrogens with zero attached hydrogens (tertiary/aromatic N) is 2. The number of pyridine rings is 2. The normalized spacial score (nSPS) is 10.7. The Morgan fingerprint density at radius 1 is 1.17 bits per heavy atom. The molecule has 5 heteroatoms. The number of thioether (sulfide) groups is 1. The van der Waals surface area contributed by atoms with E-state index in [1.807, 2.05) is 55.5 Å². The Labute approximate surface area is 139 Å². The maximum Gasteiger partial charge on any atom is 0.225 e. The van der Waals surface area contributed by atoms with Gasteiger partial charge in [-0.2, -0.15) is 0 Å². The van der Waals surface area contributed by atoms with Crippen LogP contribution in [0.25, 0.3) is 10.9 Å². The SMILES string of the molecule is Cc1cc(NC(=O)CCSc2ccccn2)c2ccccc2n1. The molecule has 0 unspecified atom stereocenters. The van der Waals surface area contributed by atoms with Crippen LogP contribution in [0.15, 0.2) is 59.8 Å². The summed E-state index contributed by atoms with van der Waals surface area (Å²) < 4.78 is 0. The van der Waals surface area contributed by atoms with Crippen molar-refractivity contribution >= 4 is 34.3 Å². The Balaban J connectivity index is 1.64. The summed E-state index contributed by atoms with van der Waals surface area (Å²) in [7, 11) is 0. The van der Waals surface area contributed by atoms with Gasteiger partial charge in [-0.05, 0) is 31.2 Å². The van der Waals surface area contributed by atoms with E-state index in [1.54, 1.807) is 18.0 Å². The highest BCUT2D eigenvalue weighted by Gasteiger charge is 2.08. The third-order valence-electron chi connectivity index (χ3n) is 3.34. The molecule has 0 aliphatic carbocycles. The van der Waals surface area contributed by atoms with E-state index in [9.17, 15) is 4.79 Å². The zero-order valence-corrected chi connectivity index (χ0v) is 13.6. The highest BCUT2D eigenvalue weighted by molar-refractivity contribution is 7.99. The number of hydrogen-bond acceptors (Lipinski definition) is 4. The van der Waals surface area contributed by atoms with Crippen LogP contribution in [0.2, 0.25) is 0 Å². The molecule has 0 atom stereocenters. The molecular weight excluding hydrogens is 306 g/mol. The van der Waals surface area contributed by atoms with Gasteiger partial charge in [0.2, 0.25) is 5.91 Å². The maximum atomic E-state index is 12.2. The first kappa shape index (κ1) is 15.5. The number of aryl methyl sites for hydroxylation is 1. The van der Waals surface area contributed by atoms with E-state index < -0.39 is 0 Å². The third-order valence-corrected chi connectivity index (χ3v) is 4.28. The number of amides is 1. The van der Waals surface area contributed by atoms with Gasteiger partial charge in [-0.3, -0.25) is 9.78 Å². The summed E-state index contributed by atoms with van der Waals surface area (Å²) >= 11 is 1.58. The molecule has 1 aromatic carbocycles. The summed E-state index contributed by atoms with van der Waals surface area (Å²) in [5, 5.41) is 4.90. The Hall–Kier alpha value is -2.40. The number of nitrogens with one attached hydrogen (secondary N) is 1. The fourth-order valence-corrected chi connectivity index (χ4v) is 3.11. The lowest BCUT2D eigenvalue weighted by atomic mass is 10.1. The van der Waals surface area contributed by atoms with Crippen molar-refractivity contribution in [1.82, 2.24) is 9.97 Å². The largest absolute Gasteiger partial charge is 0.325 e. The molecule has 3 rings (SSSR count). The van der Waals surface area contributed by atoms with E-state index in [0.717, 1.165) is 27.3 Å². The first-order chi connectivity index (χ1) is 11.2. The number of carbonyl (C=O) groups is 1. The fraction of sp³-hybridized carbons (Fsp3) is 0.167. The lowest BCUT2D eigenvalue weighted by Crippen LogP contribution is -2.13. The topological polar surface area (TPSA) is 54.9 Å². The predicted molar refractivity (Wildman–Crippen MR) is 94.7 cm³/mol. The van der Waals surface area contributed by atoms with E-state index in [0.29, 0.717) is 12.2 Å². The van der Waals surface area contributed by atoms with Gasteiger partial charge in [-0.15, -0.1) is 11.8 Å². The summed E-state index contributed by atoms with van der Waals surface area (Å²) in [5.74, 6) is 0.703. The Morgan fingerprint density at radius 3 is 2.83 bits per heavy atom. The molecule has 1 N–H and O–H groups in total. The minimum absolute atomic E-state index is 0.00387. The number of aromatic nitrogens is 2. The Kier molecular flexibility index (Phi) is 4.88. The predicted octanol–water partition coefficient (Wildman–Crippen LogP) is 4.06. The molecular formula is C18H17N3OS. The molecule has 0 bridgehead atoms. The number of hydrogen-bond donors (Lipinski definition) is 1. The highest BCUT2D eigenvalue weighted by atomic mass is 32.2. The molecule has 2 heterocycles. The summed E-state index contributed by atoms with van der Waals surface area (Å²) in [6.45, 7) is 1.93. The molecule has 0 fully saturated rings. The highest BCUT2D eigenvalue weighted by Crippen LogP contribution is 2.23. The van der Waals surface area contributed by atoms with Crippen LogP contribution in [0.1, 0.15) is 12.1 Å². The second-order valence-electron chi connectivity index (χ2n) is 5.14. The van der Waals surface area contributed by atoms with Crippen molar-refractivity contribution in [2.45, 2.75) is 18.4 Å². The number of carbonyl (C=O) groups excluding carboxylic acids is 1. The maximum absolute atomic E-state index is 12.2. The van der Waals surface area contributed by atoms with Gasteiger partial charge in [-0.25, -0.2) is 4.98 Å². The second kappa shape index (κ2) is 7.24. The van der Waals surface area contributed by atoms with Crippen LogP contribution in [0.4, 0.5) is 5.69 Å². The van der Waals surface area contributed by atoms with Crippen LogP contribution < -0.4 is 5.32 Å². The first-order valence-electron chi connectivity index (χ1n) is 7.42. The number of anilines is 1. The summed E-state index contributed by atoms with van der Waals surface area (Å²) in [6.07, 6.45) is 2.20. The smallest absolute Gasteiger partial charge is 0.225 e. The Bertz CT molecular complexity index is 821. The van der Waals surface area contributed by atoms with Crippen LogP contribution in [0.3, 0.4) is 0 Å². The van der Waals surface area contributed by atoms with Gasteiger partial charge in [0.15, 0.2) is 0 Å². The first-order valence-corrected chi connectivity index (χ1v) is 8.41. The van der Waals surface area contributed by atoms with Crippen LogP contribution in [0, 0.1) is 6.92 Å². The lowest BCUT2D eigenvalue weighted by Gasteiger charge is -2.09. The molecule has 23 heavy (non-hydrogen) atoms. The van der Waals surface area contributed by atoms with Crippen molar-refractivity contribution in [1.29, 1.82) is 0 Å². The van der Waals surface area contributed by atoms with Crippen molar-refractivity contribution < 1.29 is 4.79 Å². The number of benzene rings is 1. The van der Waals surface area contributed by atoms with Gasteiger partial charge in [0.05, 0.1) is 16.2 Å². The minimum Gasteiger partial charge on any atom is -0.325 e. The standard InChI is InChI=1S/C18H17N3OS/c1-13-12-16(14-6-2-3-7-15(14)20-13)21-17(22)9-11-23-18-8-4-5-10-19-18/h2-8,10,12H,9,11H2,1H3,(H,20,21,22). The fourth-order valence-electron chi connectivity index (χ4n) is 2.30. The van der Waals surface area contributed by atoms with Gasteiger partial charge < -0.3 is 5.32 Å². The molecule has 0 radical (unpaired) electrons. The van der Waals surface area contributed by atoms with Gasteiger partial charge in [-0.1, -0.05) is 24.3 Å².